The number of hydrogen-bond donors (Lipinski definition) is 1. The molecule has 0 aliphatic rings. The third kappa shape index (κ3) is 3.48. The van der Waals surface area contributed by atoms with E-state index in [4.69, 9.17) is 0 Å². The highest BCUT2D eigenvalue weighted by molar-refractivity contribution is 9.10. The topological polar surface area (TPSA) is 29.1 Å². The molecule has 2 rings (SSSR count). The Morgan fingerprint density at radius 3 is 2.40 bits per heavy atom. The van der Waals surface area contributed by atoms with Gasteiger partial charge in [-0.25, -0.2) is 0 Å². The highest BCUT2D eigenvalue weighted by atomic mass is 79.9. The van der Waals surface area contributed by atoms with Crippen molar-refractivity contribution in [2.24, 2.45) is 0 Å². The summed E-state index contributed by atoms with van der Waals surface area (Å²) in [6.07, 6.45) is 0.860. The zero-order valence-electron chi connectivity index (χ0n) is 11.7. The summed E-state index contributed by atoms with van der Waals surface area (Å²) < 4.78 is 1.04. The molecule has 0 heterocycles. The second-order valence-corrected chi connectivity index (χ2v) is 5.72. The summed E-state index contributed by atoms with van der Waals surface area (Å²) in [6.45, 7) is 4.03. The van der Waals surface area contributed by atoms with Gasteiger partial charge < -0.3 is 5.32 Å². The number of nitrogens with one attached hydrogen (secondary N) is 1. The van der Waals surface area contributed by atoms with Gasteiger partial charge in [0.25, 0.3) is 5.91 Å². The number of aryl methyl sites for hydroxylation is 1. The van der Waals surface area contributed by atoms with Crippen LogP contribution in [0.15, 0.2) is 53.0 Å². The Kier molecular flexibility index (Phi) is 4.96. The van der Waals surface area contributed by atoms with E-state index in [2.05, 4.69) is 28.2 Å². The zero-order valence-corrected chi connectivity index (χ0v) is 13.3. The Morgan fingerprint density at radius 1 is 1.15 bits per heavy atom. The van der Waals surface area contributed by atoms with Crippen molar-refractivity contribution in [1.29, 1.82) is 0 Å². The molecule has 0 aliphatic heterocycles. The van der Waals surface area contributed by atoms with Gasteiger partial charge in [-0.05, 0) is 42.7 Å². The van der Waals surface area contributed by atoms with Crippen LogP contribution in [0.2, 0.25) is 0 Å². The van der Waals surface area contributed by atoms with Crippen molar-refractivity contribution in [2.75, 3.05) is 0 Å². The fourth-order valence-electron chi connectivity index (χ4n) is 2.18. The molecule has 0 bridgehead atoms. The number of halogens is 1. The molecular weight excluding hydrogens is 314 g/mol. The summed E-state index contributed by atoms with van der Waals surface area (Å²) in [5.74, 6) is -0.0159. The largest absolute Gasteiger partial charge is 0.345 e. The van der Waals surface area contributed by atoms with Crippen molar-refractivity contribution in [2.45, 2.75) is 26.3 Å². The lowest BCUT2D eigenvalue weighted by molar-refractivity contribution is 0.0935. The minimum absolute atomic E-state index is 0.0159. The van der Waals surface area contributed by atoms with E-state index < -0.39 is 0 Å². The van der Waals surface area contributed by atoms with Gasteiger partial charge in [0, 0.05) is 10.0 Å². The predicted molar refractivity (Wildman–Crippen MR) is 85.8 cm³/mol. The standard InChI is InChI=1S/C17H18BrNO/c1-3-16(13-8-10-14(18)11-9-13)19-17(20)15-7-5-4-6-12(15)2/h4-11,16H,3H2,1-2H3,(H,19,20). The van der Waals surface area contributed by atoms with Gasteiger partial charge in [-0.3, -0.25) is 4.79 Å². The molecule has 0 saturated heterocycles. The first-order chi connectivity index (χ1) is 9.61. The lowest BCUT2D eigenvalue weighted by atomic mass is 10.0. The van der Waals surface area contributed by atoms with Crippen LogP contribution < -0.4 is 5.32 Å². The van der Waals surface area contributed by atoms with E-state index in [0.717, 1.165) is 27.6 Å². The van der Waals surface area contributed by atoms with E-state index >= 15 is 0 Å². The normalized spacial score (nSPS) is 11.9. The van der Waals surface area contributed by atoms with Gasteiger partial charge in [-0.1, -0.05) is 53.2 Å². The Hall–Kier alpha value is -1.61. The molecule has 0 spiro atoms. The van der Waals surface area contributed by atoms with E-state index in [1.54, 1.807) is 0 Å². The van der Waals surface area contributed by atoms with Crippen LogP contribution in [0.5, 0.6) is 0 Å². The van der Waals surface area contributed by atoms with Crippen LogP contribution in [0.3, 0.4) is 0 Å². The number of benzene rings is 2. The fourth-order valence-corrected chi connectivity index (χ4v) is 2.44. The van der Waals surface area contributed by atoms with Crippen LogP contribution in [0.1, 0.15) is 40.9 Å². The maximum absolute atomic E-state index is 12.4. The average Bonchev–Trinajstić information content (AvgIpc) is 2.46. The van der Waals surface area contributed by atoms with Crippen LogP contribution in [0, 0.1) is 6.92 Å². The number of carbonyl (C=O) groups excluding carboxylic acids is 1. The van der Waals surface area contributed by atoms with Crippen molar-refractivity contribution >= 4 is 21.8 Å². The predicted octanol–water partition coefficient (Wildman–Crippen LogP) is 4.64. The molecule has 1 amide bonds. The van der Waals surface area contributed by atoms with E-state index in [0.29, 0.717) is 0 Å². The smallest absolute Gasteiger partial charge is 0.252 e. The van der Waals surface area contributed by atoms with E-state index in [9.17, 15) is 4.79 Å². The fraction of sp³-hybridized carbons (Fsp3) is 0.235. The summed E-state index contributed by atoms with van der Waals surface area (Å²) >= 11 is 3.43. The number of carbonyl (C=O) groups is 1. The molecule has 2 aromatic carbocycles. The molecule has 1 N–H and O–H groups in total. The monoisotopic (exact) mass is 331 g/mol. The summed E-state index contributed by atoms with van der Waals surface area (Å²) in [5, 5.41) is 3.11. The van der Waals surface area contributed by atoms with E-state index in [1.807, 2.05) is 55.5 Å². The Bertz CT molecular complexity index is 592. The second kappa shape index (κ2) is 6.71. The van der Waals surface area contributed by atoms with E-state index in [-0.39, 0.29) is 11.9 Å². The maximum atomic E-state index is 12.4. The summed E-state index contributed by atoms with van der Waals surface area (Å²) in [6, 6.07) is 15.8. The number of hydrogen-bond acceptors (Lipinski definition) is 1. The van der Waals surface area contributed by atoms with Crippen molar-refractivity contribution in [3.8, 4) is 0 Å². The molecule has 0 aromatic heterocycles. The highest BCUT2D eigenvalue weighted by Gasteiger charge is 2.15. The minimum atomic E-state index is -0.0159. The van der Waals surface area contributed by atoms with Crippen molar-refractivity contribution in [3.05, 3.63) is 69.7 Å². The summed E-state index contributed by atoms with van der Waals surface area (Å²) in [7, 11) is 0. The van der Waals surface area contributed by atoms with Crippen LogP contribution in [0.4, 0.5) is 0 Å². The lowest BCUT2D eigenvalue weighted by Gasteiger charge is -2.18. The summed E-state index contributed by atoms with van der Waals surface area (Å²) in [4.78, 5) is 12.4. The van der Waals surface area contributed by atoms with Crippen molar-refractivity contribution < 1.29 is 4.79 Å². The van der Waals surface area contributed by atoms with Gasteiger partial charge in [0.05, 0.1) is 6.04 Å². The Morgan fingerprint density at radius 2 is 1.80 bits per heavy atom. The molecule has 3 heteroatoms. The zero-order chi connectivity index (χ0) is 14.5. The molecule has 1 atom stereocenters. The molecule has 0 saturated carbocycles. The third-order valence-corrected chi connectivity index (χ3v) is 3.90. The number of rotatable bonds is 4. The molecule has 104 valence electrons. The highest BCUT2D eigenvalue weighted by Crippen LogP contribution is 2.20. The van der Waals surface area contributed by atoms with Gasteiger partial charge in [0.1, 0.15) is 0 Å². The van der Waals surface area contributed by atoms with Gasteiger partial charge in [0.2, 0.25) is 0 Å². The molecular formula is C17H18BrNO. The van der Waals surface area contributed by atoms with Crippen LogP contribution >= 0.6 is 15.9 Å². The van der Waals surface area contributed by atoms with Crippen LogP contribution in [0.25, 0.3) is 0 Å². The van der Waals surface area contributed by atoms with Crippen molar-refractivity contribution in [1.82, 2.24) is 5.32 Å². The first kappa shape index (κ1) is 14.8. The Labute approximate surface area is 128 Å². The molecule has 2 nitrogen and oxygen atoms in total. The minimum Gasteiger partial charge on any atom is -0.345 e. The maximum Gasteiger partial charge on any atom is 0.252 e. The number of amides is 1. The van der Waals surface area contributed by atoms with Gasteiger partial charge in [-0.15, -0.1) is 0 Å². The summed E-state index contributed by atoms with van der Waals surface area (Å²) in [5.41, 5.74) is 2.86. The average molecular weight is 332 g/mol. The molecule has 0 fully saturated rings. The molecule has 0 radical (unpaired) electrons. The lowest BCUT2D eigenvalue weighted by Crippen LogP contribution is -2.28. The van der Waals surface area contributed by atoms with Crippen LogP contribution in [-0.4, -0.2) is 5.91 Å². The van der Waals surface area contributed by atoms with Crippen molar-refractivity contribution in [3.63, 3.8) is 0 Å². The van der Waals surface area contributed by atoms with E-state index in [1.165, 1.54) is 0 Å². The van der Waals surface area contributed by atoms with Gasteiger partial charge in [-0.2, -0.15) is 0 Å². The first-order valence-corrected chi connectivity index (χ1v) is 7.53. The van der Waals surface area contributed by atoms with Crippen LogP contribution in [-0.2, 0) is 0 Å². The second-order valence-electron chi connectivity index (χ2n) is 4.80. The SMILES string of the molecule is CCC(NC(=O)c1ccccc1C)c1ccc(Br)cc1. The Balaban J connectivity index is 2.16. The van der Waals surface area contributed by atoms with Gasteiger partial charge >= 0.3 is 0 Å². The molecule has 2 aromatic rings. The van der Waals surface area contributed by atoms with Gasteiger partial charge in [0.15, 0.2) is 0 Å². The molecule has 0 aliphatic carbocycles. The molecule has 1 unspecified atom stereocenters. The molecule has 20 heavy (non-hydrogen) atoms. The third-order valence-electron chi connectivity index (χ3n) is 3.38. The first-order valence-electron chi connectivity index (χ1n) is 6.73. The quantitative estimate of drug-likeness (QED) is 0.868.